The number of nitrogens with two attached hydrogens (primary N) is 4. The van der Waals surface area contributed by atoms with E-state index in [1.807, 2.05) is 0 Å². The summed E-state index contributed by atoms with van der Waals surface area (Å²) in [6.07, 6.45) is -25.1. The van der Waals surface area contributed by atoms with Crippen molar-refractivity contribution in [1.29, 1.82) is 0 Å². The van der Waals surface area contributed by atoms with E-state index in [0.717, 1.165) is 31.1 Å². The predicted molar refractivity (Wildman–Crippen MR) is 471 cm³/mol. The highest BCUT2D eigenvalue weighted by Gasteiger charge is 2.47. The summed E-state index contributed by atoms with van der Waals surface area (Å²) in [5, 5.41) is 0. The van der Waals surface area contributed by atoms with Gasteiger partial charge < -0.3 is 79.8 Å². The van der Waals surface area contributed by atoms with E-state index in [9.17, 15) is 32.9 Å². The van der Waals surface area contributed by atoms with Gasteiger partial charge in [-0.2, -0.15) is 0 Å². The van der Waals surface area contributed by atoms with Crippen molar-refractivity contribution in [1.82, 2.24) is 19.6 Å². The first-order valence-corrected chi connectivity index (χ1v) is 38.2. The Morgan fingerprint density at radius 3 is 1.07 bits per heavy atom. The van der Waals surface area contributed by atoms with Crippen LogP contribution in [-0.2, 0) is 63.7 Å². The van der Waals surface area contributed by atoms with E-state index in [0.29, 0.717) is 21.8 Å². The minimum atomic E-state index is -4.00. The van der Waals surface area contributed by atoms with Crippen LogP contribution in [-0.4, -0.2) is 201 Å². The zero-order valence-corrected chi connectivity index (χ0v) is 69.2. The van der Waals surface area contributed by atoms with E-state index in [2.05, 4.69) is 0 Å². The molecule has 672 valence electrons. The summed E-state index contributed by atoms with van der Waals surface area (Å²) in [7, 11) is 1.05. The van der Waals surface area contributed by atoms with Crippen LogP contribution in [0.3, 0.4) is 0 Å². The molecule has 120 heavy (non-hydrogen) atoms. The molecule has 8 aliphatic rings. The second kappa shape index (κ2) is 43.9. The van der Waals surface area contributed by atoms with Gasteiger partial charge in [0.05, 0.1) is 81.4 Å². The SMILES string of the molecule is [2H]C([2H])([2H])Oc1cc2c(cc1OC)C1N(CC2)C([2H])([2H])C([2H])(CC(C)C)C(OC(=O)[C@@]([2H])(N)C([2H])(C([2H])([2H])[2H])C([2H])([2H])[2H])C1([2H])[2H].[2H]C1([2H])C2c3cc(OC)c(OC)cc3CCN2C([2H])([2H])C([2H])(CC(C)C)C1OC(=O)[C@@]([2H])(N)C([2H])(C([2H])([2H])[2H])C([2H])([2H])[2H].[2H]c1c(OC)c(OC([2H])([2H])[2H])c([2H])c2c1C1([2H])CC([2H])(OC(=O)[C@@]([2H])(N)C([2H])(C([2H])([2H])[2H])C([2H])([2H])[2H])C(CC(C)C)CN1C([2H])([2H])C2([2H])[2H].[2H]c1c(OC)c(OC)c([2H])c2c1C1([2H])CC([2H])(OC(=O)[C@@]([2H])(N)C([2H])(C([2H])([2H])[2H])C([2H])([2H])[2H])C(CC(C)C)CN1C([2H])([2H])C2([2H])[2H]. The van der Waals surface area contributed by atoms with Gasteiger partial charge in [-0.25, -0.2) is 0 Å². The fourth-order valence-electron chi connectivity index (χ4n) is 14.3. The molecule has 12 rings (SSSR count). The monoisotopic (exact) mass is 1740 g/mol. The number of hydrogen-bond acceptors (Lipinski definition) is 24. The Bertz CT molecular complexity index is 6980. The average molecular weight is 1740 g/mol. The van der Waals surface area contributed by atoms with Gasteiger partial charge in [-0.15, -0.1) is 0 Å². The molecule has 8 N–H and O–H groups in total. The van der Waals surface area contributed by atoms with Crippen LogP contribution in [0.15, 0.2) is 48.4 Å². The van der Waals surface area contributed by atoms with E-state index in [-0.39, 0.29) is 85.4 Å². The number of fused-ring (bicyclic) bond motifs is 12. The fourth-order valence-corrected chi connectivity index (χ4v) is 14.3. The Morgan fingerprint density at radius 2 is 0.742 bits per heavy atom. The van der Waals surface area contributed by atoms with E-state index in [4.69, 9.17) is 154 Å². The average Bonchev–Trinajstić information content (AvgIpc) is 0.675. The lowest BCUT2D eigenvalue weighted by Gasteiger charge is -2.47. The summed E-state index contributed by atoms with van der Waals surface area (Å²) in [5.74, 6) is -36.1. The number of ether oxygens (including phenoxy) is 12. The van der Waals surface area contributed by atoms with Gasteiger partial charge in [0, 0.05) is 189 Å². The Hall–Kier alpha value is -7.16. The van der Waals surface area contributed by atoms with Crippen LogP contribution < -0.4 is 60.8 Å². The van der Waals surface area contributed by atoms with Crippen molar-refractivity contribution in [2.75, 3.05) is 109 Å². The van der Waals surface area contributed by atoms with Crippen molar-refractivity contribution in [2.45, 2.75) is 260 Å². The standard InChI is InChI=1S/4C24H38N2O4/c4*1-14(2)9-17-13-26-8-7-16-10-21(28-5)22(29-6)11-18(16)19(26)12-20(17)30-24(27)23(25)15(3)4/h4*10-11,14-15,17,19-20,23H,7-9,12-13,25H2,1-6H3/t4*17?,19?,20?,23-/m0000/s1/i3D3,4D3,5D3,7D2,8D2,10D,11D,15D,19D,20D,23D;3D3,4D3,7D2,8D2,10D,11D,15D,19D,20D,23D;3D3,4D3,5D3,12D2,13D2,15D,17D,23D;3D3,4D3,12D2,13D2,15D,17D,23D. The molecule has 0 saturated carbocycles. The van der Waals surface area contributed by atoms with Gasteiger partial charge in [-0.1, -0.05) is 110 Å². The zero-order valence-electron chi connectivity index (χ0n) is 133. The molecule has 0 aromatic heterocycles. The van der Waals surface area contributed by atoms with Gasteiger partial charge in [-0.3, -0.25) is 38.8 Å². The smallest absolute Gasteiger partial charge is 0.323 e. The molecule has 8 heterocycles. The van der Waals surface area contributed by atoms with Gasteiger partial charge in [-0.05, 0) is 191 Å². The number of hydrogen-bond donors (Lipinski definition) is 4. The lowest BCUT2D eigenvalue weighted by atomic mass is 9.79. The first-order chi connectivity index (χ1) is 81.7. The third-order valence-electron chi connectivity index (χ3n) is 19.9. The van der Waals surface area contributed by atoms with Crippen molar-refractivity contribution in [3.05, 3.63) is 92.9 Å². The summed E-state index contributed by atoms with van der Waals surface area (Å²) >= 11 is 0. The second-order valence-corrected chi connectivity index (χ2v) is 30.3. The minimum Gasteiger partial charge on any atom is -0.493 e. The molecule has 0 aliphatic carbocycles. The van der Waals surface area contributed by atoms with Crippen LogP contribution in [0.1, 0.15) is 318 Å². The predicted octanol–water partition coefficient (Wildman–Crippen LogP) is 14.3. The van der Waals surface area contributed by atoms with Gasteiger partial charge in [0.15, 0.2) is 46.0 Å². The first-order valence-electron chi connectivity index (χ1n) is 70.2. The summed E-state index contributed by atoms with van der Waals surface area (Å²) in [4.78, 5) is 58.0. The summed E-state index contributed by atoms with van der Waals surface area (Å²) in [5.41, 5.74) is 21.0. The van der Waals surface area contributed by atoms with Crippen molar-refractivity contribution < 1.29 is 164 Å². The lowest BCUT2D eigenvalue weighted by Crippen LogP contribution is -2.51. The summed E-state index contributed by atoms with van der Waals surface area (Å²) in [6, 6.07) is -21.8. The lowest BCUT2D eigenvalue weighted by molar-refractivity contribution is -0.161. The van der Waals surface area contributed by atoms with Gasteiger partial charge in [0.1, 0.15) is 48.4 Å². The van der Waals surface area contributed by atoms with Crippen molar-refractivity contribution in [3.8, 4) is 46.0 Å². The van der Waals surface area contributed by atoms with E-state index in [1.165, 1.54) is 44.4 Å². The van der Waals surface area contributed by atoms with Crippen LogP contribution in [0.2, 0.25) is 0 Å². The number of esters is 4. The Kier molecular flexibility index (Phi) is 15.1. The quantitative estimate of drug-likeness (QED) is 0.0303. The third kappa shape index (κ3) is 23.8. The second-order valence-electron chi connectivity index (χ2n) is 30.3. The van der Waals surface area contributed by atoms with Crippen molar-refractivity contribution in [2.24, 2.45) is 93.8 Å². The van der Waals surface area contributed by atoms with Crippen LogP contribution in [0, 0.1) is 70.9 Å². The highest BCUT2D eigenvalue weighted by molar-refractivity contribution is 5.77. The molecule has 24 nitrogen and oxygen atoms in total. The molecule has 0 amide bonds. The Balaban J connectivity index is 0.000000267. The molecule has 4 aromatic carbocycles. The van der Waals surface area contributed by atoms with Gasteiger partial charge >= 0.3 is 23.9 Å². The number of piperidine rings is 4. The molecule has 0 bridgehead atoms. The minimum absolute atomic E-state index is 0.0290. The normalized spacial score (nSPS) is 42.2. The molecule has 12 unspecified atom stereocenters. The van der Waals surface area contributed by atoms with E-state index < -0.39 is 378 Å². The molecule has 16 atom stereocenters. The molecular formula is C96H152N8O16. The number of methoxy groups -OCH3 is 8. The summed E-state index contributed by atoms with van der Waals surface area (Å²) < 4.78 is 595. The Morgan fingerprint density at radius 1 is 0.425 bits per heavy atom. The molecule has 24 heteroatoms. The van der Waals surface area contributed by atoms with Crippen molar-refractivity contribution >= 4 is 23.9 Å². The largest absolute Gasteiger partial charge is 0.493 e. The number of rotatable bonds is 28. The molecule has 4 saturated heterocycles. The molecule has 4 fully saturated rings. The van der Waals surface area contributed by atoms with E-state index in [1.54, 1.807) is 61.5 Å². The van der Waals surface area contributed by atoms with E-state index >= 15 is 0 Å². The number of benzene rings is 4. The Labute approximate surface area is 808 Å². The number of nitrogens with zero attached hydrogens (tertiary/aromatic N) is 4. The molecule has 8 aliphatic heterocycles. The topological polar surface area (TPSA) is 296 Å². The highest BCUT2D eigenvalue weighted by Crippen LogP contribution is 2.50. The zero-order chi connectivity index (χ0) is 144. The fraction of sp³-hybridized carbons (Fsp3) is 0.708. The van der Waals surface area contributed by atoms with Gasteiger partial charge in [0.25, 0.3) is 0 Å². The maximum atomic E-state index is 13.6. The van der Waals surface area contributed by atoms with Crippen LogP contribution in [0.4, 0.5) is 0 Å². The number of carbonyl (C=O) groups is 4. The van der Waals surface area contributed by atoms with Crippen LogP contribution in [0.5, 0.6) is 46.0 Å². The number of carbonyl (C=O) groups excluding carboxylic acids is 4. The maximum Gasteiger partial charge on any atom is 0.323 e. The maximum absolute atomic E-state index is 13.6. The van der Waals surface area contributed by atoms with Crippen molar-refractivity contribution in [3.63, 3.8) is 0 Å². The molecule has 0 spiro atoms. The molecular weight excluding hydrogens is 1520 g/mol. The first kappa shape index (κ1) is 41.3. The van der Waals surface area contributed by atoms with Gasteiger partial charge in [0.2, 0.25) is 0 Å². The third-order valence-corrected chi connectivity index (χ3v) is 19.9. The van der Waals surface area contributed by atoms with Crippen LogP contribution >= 0.6 is 0 Å². The highest BCUT2D eigenvalue weighted by atomic mass is 16.6. The summed E-state index contributed by atoms with van der Waals surface area (Å²) in [6.45, 7) is -30.9. The molecule has 0 radical (unpaired) electrons. The van der Waals surface area contributed by atoms with Crippen LogP contribution in [0.25, 0.3) is 0 Å². The molecule has 4 aromatic rings.